The van der Waals surface area contributed by atoms with Gasteiger partial charge < -0.3 is 11.5 Å². The monoisotopic (exact) mass is 206 g/mol. The van der Waals surface area contributed by atoms with Crippen LogP contribution in [-0.2, 0) is 0 Å². The highest BCUT2D eigenvalue weighted by molar-refractivity contribution is 6.30. The van der Waals surface area contributed by atoms with E-state index in [0.717, 1.165) is 10.6 Å². The summed E-state index contributed by atoms with van der Waals surface area (Å²) >= 11 is 5.69. The molecule has 0 radical (unpaired) electrons. The molecule has 12 heavy (non-hydrogen) atoms. The van der Waals surface area contributed by atoms with Gasteiger partial charge in [0, 0.05) is 17.6 Å². The summed E-state index contributed by atoms with van der Waals surface area (Å²) in [6.45, 7) is 0.460. The van der Waals surface area contributed by atoms with Crippen LogP contribution in [0.4, 0.5) is 0 Å². The van der Waals surface area contributed by atoms with Gasteiger partial charge >= 0.3 is 0 Å². The molecule has 4 N–H and O–H groups in total. The molecule has 0 amide bonds. The molecule has 0 heterocycles. The Bertz CT molecular complexity index is 223. The molecule has 0 saturated carbocycles. The summed E-state index contributed by atoms with van der Waals surface area (Å²) in [5.74, 6) is 0. The quantitative estimate of drug-likeness (QED) is 0.775. The Labute approximate surface area is 83.3 Å². The SMILES string of the molecule is Cl.NC[C@H](N)c1ccc(Cl)cc1. The lowest BCUT2D eigenvalue weighted by atomic mass is 10.1. The van der Waals surface area contributed by atoms with Crippen LogP contribution < -0.4 is 11.5 Å². The van der Waals surface area contributed by atoms with Crippen molar-refractivity contribution in [2.75, 3.05) is 6.54 Å². The first-order valence-corrected chi connectivity index (χ1v) is 3.83. The number of hydrogen-bond donors (Lipinski definition) is 2. The fraction of sp³-hybridized carbons (Fsp3) is 0.250. The van der Waals surface area contributed by atoms with Crippen molar-refractivity contribution in [2.24, 2.45) is 11.5 Å². The second-order valence-corrected chi connectivity index (χ2v) is 2.83. The number of benzene rings is 1. The smallest absolute Gasteiger partial charge is 0.0419 e. The minimum absolute atomic E-state index is 0. The first-order valence-electron chi connectivity index (χ1n) is 3.45. The Morgan fingerprint density at radius 3 is 2.17 bits per heavy atom. The van der Waals surface area contributed by atoms with Crippen LogP contribution >= 0.6 is 24.0 Å². The molecule has 1 atom stereocenters. The highest BCUT2D eigenvalue weighted by Gasteiger charge is 2.01. The van der Waals surface area contributed by atoms with E-state index in [2.05, 4.69) is 0 Å². The van der Waals surface area contributed by atoms with Crippen LogP contribution in [0, 0.1) is 0 Å². The summed E-state index contributed by atoms with van der Waals surface area (Å²) in [5.41, 5.74) is 12.1. The molecule has 0 aliphatic carbocycles. The maximum absolute atomic E-state index is 5.69. The van der Waals surface area contributed by atoms with Crippen LogP contribution in [0.3, 0.4) is 0 Å². The zero-order chi connectivity index (χ0) is 8.27. The van der Waals surface area contributed by atoms with Gasteiger partial charge in [-0.2, -0.15) is 0 Å². The predicted octanol–water partition coefficient (Wildman–Crippen LogP) is 1.72. The highest BCUT2D eigenvalue weighted by Crippen LogP contribution is 2.13. The first kappa shape index (κ1) is 11.7. The molecule has 4 heteroatoms. The summed E-state index contributed by atoms with van der Waals surface area (Å²) in [5, 5.41) is 0.720. The molecule has 1 aromatic carbocycles. The van der Waals surface area contributed by atoms with Gasteiger partial charge in [0.15, 0.2) is 0 Å². The molecule has 0 spiro atoms. The van der Waals surface area contributed by atoms with Crippen molar-refractivity contribution in [1.29, 1.82) is 0 Å². The van der Waals surface area contributed by atoms with Crippen LogP contribution in [0.1, 0.15) is 11.6 Å². The summed E-state index contributed by atoms with van der Waals surface area (Å²) in [4.78, 5) is 0. The summed E-state index contributed by atoms with van der Waals surface area (Å²) in [6.07, 6.45) is 0. The fourth-order valence-electron chi connectivity index (χ4n) is 0.846. The number of halogens is 2. The predicted molar refractivity (Wildman–Crippen MR) is 54.7 cm³/mol. The Morgan fingerprint density at radius 2 is 1.75 bits per heavy atom. The Kier molecular flexibility index (Phi) is 5.25. The number of hydrogen-bond acceptors (Lipinski definition) is 2. The topological polar surface area (TPSA) is 52.0 Å². The Hall–Kier alpha value is -0.280. The number of nitrogens with two attached hydrogens (primary N) is 2. The van der Waals surface area contributed by atoms with Crippen LogP contribution in [0.15, 0.2) is 24.3 Å². The van der Waals surface area contributed by atoms with E-state index in [1.165, 1.54) is 0 Å². The molecule has 0 aromatic heterocycles. The fourth-order valence-corrected chi connectivity index (χ4v) is 0.972. The molecular formula is C8H12Cl2N2. The summed E-state index contributed by atoms with van der Waals surface area (Å²) in [6, 6.07) is 7.32. The summed E-state index contributed by atoms with van der Waals surface area (Å²) in [7, 11) is 0. The third kappa shape index (κ3) is 2.99. The van der Waals surface area contributed by atoms with Gasteiger partial charge in [-0.15, -0.1) is 12.4 Å². The van der Waals surface area contributed by atoms with Gasteiger partial charge in [0.1, 0.15) is 0 Å². The first-order chi connectivity index (χ1) is 5.24. The molecule has 1 aromatic rings. The van der Waals surface area contributed by atoms with Gasteiger partial charge in [-0.3, -0.25) is 0 Å². The minimum Gasteiger partial charge on any atom is -0.329 e. The molecule has 0 aliphatic rings. The van der Waals surface area contributed by atoms with Crippen molar-refractivity contribution < 1.29 is 0 Å². The van der Waals surface area contributed by atoms with E-state index in [-0.39, 0.29) is 18.4 Å². The highest BCUT2D eigenvalue weighted by atomic mass is 35.5. The second-order valence-electron chi connectivity index (χ2n) is 2.39. The summed E-state index contributed by atoms with van der Waals surface area (Å²) < 4.78 is 0. The van der Waals surface area contributed by atoms with E-state index >= 15 is 0 Å². The lowest BCUT2D eigenvalue weighted by molar-refractivity contribution is 0.737. The average molecular weight is 207 g/mol. The van der Waals surface area contributed by atoms with Crippen LogP contribution in [-0.4, -0.2) is 6.54 Å². The third-order valence-electron chi connectivity index (χ3n) is 1.55. The minimum atomic E-state index is -0.0766. The van der Waals surface area contributed by atoms with Crippen LogP contribution in [0.2, 0.25) is 5.02 Å². The molecule has 2 nitrogen and oxygen atoms in total. The van der Waals surface area contributed by atoms with Crippen molar-refractivity contribution in [1.82, 2.24) is 0 Å². The maximum Gasteiger partial charge on any atom is 0.0419 e. The molecule has 0 fully saturated rings. The van der Waals surface area contributed by atoms with Crippen LogP contribution in [0.25, 0.3) is 0 Å². The zero-order valence-electron chi connectivity index (χ0n) is 6.53. The van der Waals surface area contributed by atoms with E-state index in [4.69, 9.17) is 23.1 Å². The Morgan fingerprint density at radius 1 is 1.25 bits per heavy atom. The Balaban J connectivity index is 0.00000121. The lowest BCUT2D eigenvalue weighted by Crippen LogP contribution is -2.20. The number of rotatable bonds is 2. The van der Waals surface area contributed by atoms with Crippen molar-refractivity contribution in [3.63, 3.8) is 0 Å². The molecule has 0 saturated heterocycles. The van der Waals surface area contributed by atoms with Crippen molar-refractivity contribution in [2.45, 2.75) is 6.04 Å². The van der Waals surface area contributed by atoms with Gasteiger partial charge in [-0.25, -0.2) is 0 Å². The molecule has 0 aliphatic heterocycles. The molecule has 0 bridgehead atoms. The van der Waals surface area contributed by atoms with Gasteiger partial charge in [-0.1, -0.05) is 23.7 Å². The third-order valence-corrected chi connectivity index (χ3v) is 1.80. The van der Waals surface area contributed by atoms with Crippen LogP contribution in [0.5, 0.6) is 0 Å². The molecular weight excluding hydrogens is 195 g/mol. The zero-order valence-corrected chi connectivity index (χ0v) is 8.11. The molecule has 68 valence electrons. The molecule has 1 rings (SSSR count). The van der Waals surface area contributed by atoms with E-state index in [0.29, 0.717) is 6.54 Å². The molecule has 0 unspecified atom stereocenters. The maximum atomic E-state index is 5.69. The van der Waals surface area contributed by atoms with Gasteiger partial charge in [0.25, 0.3) is 0 Å². The van der Waals surface area contributed by atoms with Crippen molar-refractivity contribution in [3.8, 4) is 0 Å². The average Bonchev–Trinajstić information content (AvgIpc) is 2.05. The van der Waals surface area contributed by atoms with E-state index < -0.39 is 0 Å². The van der Waals surface area contributed by atoms with Crippen molar-refractivity contribution in [3.05, 3.63) is 34.9 Å². The van der Waals surface area contributed by atoms with Gasteiger partial charge in [0.05, 0.1) is 0 Å². The standard InChI is InChI=1S/C8H11ClN2.ClH/c9-7-3-1-6(2-4-7)8(11)5-10;/h1-4,8H,5,10-11H2;1H/t8-;/m0./s1. The van der Waals surface area contributed by atoms with E-state index in [1.54, 1.807) is 0 Å². The van der Waals surface area contributed by atoms with E-state index in [1.807, 2.05) is 24.3 Å². The van der Waals surface area contributed by atoms with Gasteiger partial charge in [-0.05, 0) is 17.7 Å². The largest absolute Gasteiger partial charge is 0.329 e. The lowest BCUT2D eigenvalue weighted by Gasteiger charge is -2.07. The van der Waals surface area contributed by atoms with E-state index in [9.17, 15) is 0 Å². The second kappa shape index (κ2) is 5.38. The van der Waals surface area contributed by atoms with Gasteiger partial charge in [0.2, 0.25) is 0 Å². The van der Waals surface area contributed by atoms with Crippen molar-refractivity contribution >= 4 is 24.0 Å². The normalized spacial score (nSPS) is 11.9.